The van der Waals surface area contributed by atoms with E-state index in [1.165, 1.54) is 0 Å². The normalized spacial score (nSPS) is 12.1. The van der Waals surface area contributed by atoms with Crippen LogP contribution in [-0.4, -0.2) is 28.6 Å². The molecule has 2 N–H and O–H groups in total. The largest absolute Gasteiger partial charge is 0.396 e. The standard InChI is InChI=1S/C12H18N2O2/c1-2-11(5-8-15)14-12(16)9-10-3-6-13-7-4-10/h3-4,6-7,11,15H,2,5,8-9H2,1H3,(H,14,16). The van der Waals surface area contributed by atoms with Crippen LogP contribution >= 0.6 is 0 Å². The van der Waals surface area contributed by atoms with E-state index in [1.54, 1.807) is 12.4 Å². The van der Waals surface area contributed by atoms with Crippen molar-refractivity contribution in [1.29, 1.82) is 0 Å². The molecule has 0 bridgehead atoms. The molecule has 1 aromatic heterocycles. The van der Waals surface area contributed by atoms with Gasteiger partial charge in [-0.3, -0.25) is 9.78 Å². The molecule has 0 saturated carbocycles. The lowest BCUT2D eigenvalue weighted by molar-refractivity contribution is -0.121. The Morgan fingerprint density at radius 3 is 2.75 bits per heavy atom. The van der Waals surface area contributed by atoms with Gasteiger partial charge in [0.1, 0.15) is 0 Å². The summed E-state index contributed by atoms with van der Waals surface area (Å²) in [5.41, 5.74) is 0.950. The molecule has 88 valence electrons. The number of aromatic nitrogens is 1. The van der Waals surface area contributed by atoms with Crippen LogP contribution in [0.4, 0.5) is 0 Å². The first-order valence-electron chi connectivity index (χ1n) is 5.55. The fourth-order valence-electron chi connectivity index (χ4n) is 1.50. The molecule has 1 atom stereocenters. The van der Waals surface area contributed by atoms with Crippen LogP contribution in [0.3, 0.4) is 0 Å². The van der Waals surface area contributed by atoms with Crippen molar-refractivity contribution in [1.82, 2.24) is 10.3 Å². The number of carbonyl (C=O) groups excluding carboxylic acids is 1. The third-order valence-electron chi connectivity index (χ3n) is 2.45. The third kappa shape index (κ3) is 4.40. The zero-order chi connectivity index (χ0) is 11.8. The lowest BCUT2D eigenvalue weighted by Gasteiger charge is -2.15. The highest BCUT2D eigenvalue weighted by Gasteiger charge is 2.09. The lowest BCUT2D eigenvalue weighted by Crippen LogP contribution is -2.36. The minimum Gasteiger partial charge on any atom is -0.396 e. The first-order valence-corrected chi connectivity index (χ1v) is 5.55. The Morgan fingerprint density at radius 2 is 2.19 bits per heavy atom. The van der Waals surface area contributed by atoms with Crippen molar-refractivity contribution in [2.75, 3.05) is 6.61 Å². The van der Waals surface area contributed by atoms with Gasteiger partial charge in [-0.05, 0) is 30.5 Å². The second-order valence-electron chi connectivity index (χ2n) is 3.72. The van der Waals surface area contributed by atoms with Gasteiger partial charge in [-0.2, -0.15) is 0 Å². The number of rotatable bonds is 6. The van der Waals surface area contributed by atoms with E-state index >= 15 is 0 Å². The van der Waals surface area contributed by atoms with Crippen LogP contribution in [0, 0.1) is 0 Å². The summed E-state index contributed by atoms with van der Waals surface area (Å²) in [7, 11) is 0. The van der Waals surface area contributed by atoms with E-state index in [4.69, 9.17) is 5.11 Å². The fraction of sp³-hybridized carbons (Fsp3) is 0.500. The molecule has 0 aliphatic rings. The highest BCUT2D eigenvalue weighted by Crippen LogP contribution is 2.00. The van der Waals surface area contributed by atoms with Crippen LogP contribution in [0.1, 0.15) is 25.3 Å². The fourth-order valence-corrected chi connectivity index (χ4v) is 1.50. The summed E-state index contributed by atoms with van der Waals surface area (Å²) in [4.78, 5) is 15.5. The van der Waals surface area contributed by atoms with Gasteiger partial charge in [0.15, 0.2) is 0 Å². The Bertz CT molecular complexity index is 314. The van der Waals surface area contributed by atoms with Gasteiger partial charge in [0, 0.05) is 25.0 Å². The zero-order valence-electron chi connectivity index (χ0n) is 9.52. The van der Waals surface area contributed by atoms with Gasteiger partial charge in [0.2, 0.25) is 5.91 Å². The minimum atomic E-state index is -0.00787. The molecule has 0 aliphatic heterocycles. The Hall–Kier alpha value is -1.42. The van der Waals surface area contributed by atoms with E-state index in [2.05, 4.69) is 10.3 Å². The highest BCUT2D eigenvalue weighted by atomic mass is 16.3. The first-order chi connectivity index (χ1) is 7.76. The predicted octanol–water partition coefficient (Wildman–Crippen LogP) is 0.901. The molecule has 0 saturated heterocycles. The van der Waals surface area contributed by atoms with Gasteiger partial charge in [0.05, 0.1) is 6.42 Å². The molecular formula is C12H18N2O2. The molecule has 1 aromatic rings. The number of nitrogens with zero attached hydrogens (tertiary/aromatic N) is 1. The molecule has 1 unspecified atom stereocenters. The molecule has 4 heteroatoms. The van der Waals surface area contributed by atoms with E-state index in [0.717, 1.165) is 12.0 Å². The topological polar surface area (TPSA) is 62.2 Å². The number of aliphatic hydroxyl groups excluding tert-OH is 1. The quantitative estimate of drug-likeness (QED) is 0.751. The number of hydrogen-bond acceptors (Lipinski definition) is 3. The number of amides is 1. The maximum atomic E-state index is 11.6. The Kier molecular flexibility index (Phi) is 5.50. The molecule has 0 fully saturated rings. The average Bonchev–Trinajstić information content (AvgIpc) is 2.29. The maximum absolute atomic E-state index is 11.6. The number of aliphatic hydroxyl groups is 1. The summed E-state index contributed by atoms with van der Waals surface area (Å²) in [6.45, 7) is 2.10. The van der Waals surface area contributed by atoms with Crippen molar-refractivity contribution in [3.05, 3.63) is 30.1 Å². The van der Waals surface area contributed by atoms with E-state index in [9.17, 15) is 4.79 Å². The van der Waals surface area contributed by atoms with Crippen molar-refractivity contribution >= 4 is 5.91 Å². The molecule has 4 nitrogen and oxygen atoms in total. The monoisotopic (exact) mass is 222 g/mol. The molecule has 1 amide bonds. The van der Waals surface area contributed by atoms with Crippen molar-refractivity contribution in [3.63, 3.8) is 0 Å². The minimum absolute atomic E-state index is 0.00787. The summed E-state index contributed by atoms with van der Waals surface area (Å²) >= 11 is 0. The molecule has 0 aromatic carbocycles. The van der Waals surface area contributed by atoms with E-state index in [1.807, 2.05) is 19.1 Å². The van der Waals surface area contributed by atoms with Gasteiger partial charge in [-0.1, -0.05) is 6.92 Å². The van der Waals surface area contributed by atoms with Crippen molar-refractivity contribution in [2.24, 2.45) is 0 Å². The van der Waals surface area contributed by atoms with Crippen LogP contribution in [0.5, 0.6) is 0 Å². The second-order valence-corrected chi connectivity index (χ2v) is 3.72. The molecule has 16 heavy (non-hydrogen) atoms. The molecular weight excluding hydrogens is 204 g/mol. The van der Waals surface area contributed by atoms with Crippen molar-refractivity contribution in [2.45, 2.75) is 32.2 Å². The van der Waals surface area contributed by atoms with Crippen molar-refractivity contribution in [3.8, 4) is 0 Å². The maximum Gasteiger partial charge on any atom is 0.224 e. The van der Waals surface area contributed by atoms with Gasteiger partial charge < -0.3 is 10.4 Å². The van der Waals surface area contributed by atoms with Gasteiger partial charge in [0.25, 0.3) is 0 Å². The lowest BCUT2D eigenvalue weighted by atomic mass is 10.1. The zero-order valence-corrected chi connectivity index (χ0v) is 9.52. The van der Waals surface area contributed by atoms with Crippen LogP contribution in [0.2, 0.25) is 0 Å². The molecule has 0 radical (unpaired) electrons. The smallest absolute Gasteiger partial charge is 0.224 e. The Morgan fingerprint density at radius 1 is 1.50 bits per heavy atom. The van der Waals surface area contributed by atoms with Gasteiger partial charge in [-0.15, -0.1) is 0 Å². The summed E-state index contributed by atoms with van der Waals surface area (Å²) in [6, 6.07) is 3.72. The molecule has 1 heterocycles. The molecule has 0 aliphatic carbocycles. The average molecular weight is 222 g/mol. The van der Waals surface area contributed by atoms with E-state index in [0.29, 0.717) is 12.8 Å². The number of carbonyl (C=O) groups is 1. The number of pyridine rings is 1. The second kappa shape index (κ2) is 6.95. The molecule has 0 spiro atoms. The van der Waals surface area contributed by atoms with Gasteiger partial charge in [-0.25, -0.2) is 0 Å². The van der Waals surface area contributed by atoms with Gasteiger partial charge >= 0.3 is 0 Å². The van der Waals surface area contributed by atoms with Crippen LogP contribution in [0.25, 0.3) is 0 Å². The van der Waals surface area contributed by atoms with Crippen LogP contribution in [-0.2, 0) is 11.2 Å². The number of nitrogens with one attached hydrogen (secondary N) is 1. The van der Waals surface area contributed by atoms with E-state index < -0.39 is 0 Å². The van der Waals surface area contributed by atoms with E-state index in [-0.39, 0.29) is 18.6 Å². The number of hydrogen-bond donors (Lipinski definition) is 2. The first kappa shape index (κ1) is 12.6. The highest BCUT2D eigenvalue weighted by molar-refractivity contribution is 5.78. The van der Waals surface area contributed by atoms with Crippen LogP contribution < -0.4 is 5.32 Å². The Labute approximate surface area is 95.7 Å². The predicted molar refractivity (Wildman–Crippen MR) is 61.9 cm³/mol. The SMILES string of the molecule is CCC(CCO)NC(=O)Cc1ccncc1. The summed E-state index contributed by atoms with van der Waals surface area (Å²) in [6.07, 6.45) is 5.16. The third-order valence-corrected chi connectivity index (χ3v) is 2.45. The summed E-state index contributed by atoms with van der Waals surface area (Å²) < 4.78 is 0. The van der Waals surface area contributed by atoms with Crippen molar-refractivity contribution < 1.29 is 9.90 Å². The Balaban J connectivity index is 2.41. The summed E-state index contributed by atoms with van der Waals surface area (Å²) in [5.74, 6) is -0.00787. The molecule has 1 rings (SSSR count). The summed E-state index contributed by atoms with van der Waals surface area (Å²) in [5, 5.41) is 11.7. The van der Waals surface area contributed by atoms with Crippen LogP contribution in [0.15, 0.2) is 24.5 Å².